The predicted octanol–water partition coefficient (Wildman–Crippen LogP) is 1.76. The number of nitrogens with one attached hydrogen (secondary N) is 2. The Hall–Kier alpha value is -1.99. The lowest BCUT2D eigenvalue weighted by atomic mass is 9.76. The molecule has 0 spiro atoms. The van der Waals surface area contributed by atoms with Crippen molar-refractivity contribution in [2.24, 2.45) is 11.8 Å². The molecule has 27 heavy (non-hydrogen) atoms. The third kappa shape index (κ3) is 4.65. The molecule has 3 unspecified atom stereocenters. The maximum atomic E-state index is 12.7. The Kier molecular flexibility index (Phi) is 6.44. The summed E-state index contributed by atoms with van der Waals surface area (Å²) in [6, 6.07) is 8.08. The first-order valence-corrected chi connectivity index (χ1v) is 9.84. The zero-order valence-electron chi connectivity index (χ0n) is 15.9. The highest BCUT2D eigenvalue weighted by atomic mass is 32.1. The lowest BCUT2D eigenvalue weighted by Crippen LogP contribution is -2.62. The van der Waals surface area contributed by atoms with Crippen LogP contribution in [0.2, 0.25) is 0 Å². The van der Waals surface area contributed by atoms with Gasteiger partial charge in [-0.2, -0.15) is 0 Å². The maximum Gasteiger partial charge on any atom is 0.233 e. The highest BCUT2D eigenvalue weighted by Gasteiger charge is 2.43. The van der Waals surface area contributed by atoms with Gasteiger partial charge in [0.15, 0.2) is 5.11 Å². The van der Waals surface area contributed by atoms with Gasteiger partial charge in [0.1, 0.15) is 0 Å². The smallest absolute Gasteiger partial charge is 0.233 e. The molecule has 7 heteroatoms. The highest BCUT2D eigenvalue weighted by Crippen LogP contribution is 2.33. The molecule has 2 fully saturated rings. The zero-order chi connectivity index (χ0) is 19.4. The monoisotopic (exact) mass is 389 g/mol. The Morgan fingerprint density at radius 1 is 1.33 bits per heavy atom. The van der Waals surface area contributed by atoms with E-state index in [1.165, 1.54) is 5.56 Å². The first-order valence-electron chi connectivity index (χ1n) is 9.43. The summed E-state index contributed by atoms with van der Waals surface area (Å²) in [6.45, 7) is 3.49. The molecule has 146 valence electrons. The van der Waals surface area contributed by atoms with Crippen LogP contribution in [-0.4, -0.2) is 48.1 Å². The van der Waals surface area contributed by atoms with Crippen molar-refractivity contribution >= 4 is 29.1 Å². The minimum absolute atomic E-state index is 0.0519. The Labute approximate surface area is 165 Å². The minimum atomic E-state index is -0.116. The second-order valence-corrected chi connectivity index (χ2v) is 7.75. The van der Waals surface area contributed by atoms with Crippen molar-refractivity contribution in [1.29, 1.82) is 0 Å². The molecule has 1 heterocycles. The van der Waals surface area contributed by atoms with E-state index in [0.29, 0.717) is 37.7 Å². The molecule has 0 radical (unpaired) electrons. The van der Waals surface area contributed by atoms with Gasteiger partial charge < -0.3 is 15.4 Å². The van der Waals surface area contributed by atoms with Crippen molar-refractivity contribution in [3.63, 3.8) is 0 Å². The topological polar surface area (TPSA) is 70.7 Å². The molecule has 3 rings (SSSR count). The molecule has 2 N–H and O–H groups in total. The SMILES string of the molecule is COCCN1C(=O)C2CCC(C(=O)NCc3ccc(C)cc3)CC2NC1=S. The molecule has 2 amide bonds. The van der Waals surface area contributed by atoms with Gasteiger partial charge in [0, 0.05) is 25.6 Å². The van der Waals surface area contributed by atoms with Gasteiger partial charge >= 0.3 is 0 Å². The number of nitrogens with zero attached hydrogens (tertiary/aromatic N) is 1. The summed E-state index contributed by atoms with van der Waals surface area (Å²) in [4.78, 5) is 26.9. The van der Waals surface area contributed by atoms with Crippen LogP contribution in [0.3, 0.4) is 0 Å². The fourth-order valence-corrected chi connectivity index (χ4v) is 4.17. The zero-order valence-corrected chi connectivity index (χ0v) is 16.7. The summed E-state index contributed by atoms with van der Waals surface area (Å²) in [5.41, 5.74) is 2.29. The Bertz CT molecular complexity index is 707. The van der Waals surface area contributed by atoms with Crippen molar-refractivity contribution in [2.45, 2.75) is 38.8 Å². The van der Waals surface area contributed by atoms with Gasteiger partial charge in [0.25, 0.3) is 0 Å². The normalized spacial score (nSPS) is 25.0. The third-order valence-corrected chi connectivity index (χ3v) is 5.80. The van der Waals surface area contributed by atoms with Crippen molar-refractivity contribution in [1.82, 2.24) is 15.5 Å². The highest BCUT2D eigenvalue weighted by molar-refractivity contribution is 7.80. The summed E-state index contributed by atoms with van der Waals surface area (Å²) < 4.78 is 5.06. The van der Waals surface area contributed by atoms with Crippen LogP contribution in [0.5, 0.6) is 0 Å². The molecule has 0 bridgehead atoms. The van der Waals surface area contributed by atoms with E-state index in [9.17, 15) is 9.59 Å². The van der Waals surface area contributed by atoms with E-state index in [-0.39, 0.29) is 29.7 Å². The second kappa shape index (κ2) is 8.80. The number of carbonyl (C=O) groups excluding carboxylic acids is 2. The number of fused-ring (bicyclic) bond motifs is 1. The number of carbonyl (C=O) groups is 2. The van der Waals surface area contributed by atoms with E-state index in [4.69, 9.17) is 17.0 Å². The second-order valence-electron chi connectivity index (χ2n) is 7.36. The fourth-order valence-electron chi connectivity index (χ4n) is 3.83. The number of benzene rings is 1. The van der Waals surface area contributed by atoms with E-state index in [1.54, 1.807) is 12.0 Å². The van der Waals surface area contributed by atoms with Gasteiger partial charge in [-0.15, -0.1) is 0 Å². The summed E-state index contributed by atoms with van der Waals surface area (Å²) in [5.74, 6) is -0.102. The van der Waals surface area contributed by atoms with Gasteiger partial charge in [-0.3, -0.25) is 14.5 Å². The number of rotatable bonds is 6. The first kappa shape index (κ1) is 19.8. The van der Waals surface area contributed by atoms with E-state index in [2.05, 4.69) is 10.6 Å². The van der Waals surface area contributed by atoms with Gasteiger partial charge in [-0.05, 0) is 44.0 Å². The summed E-state index contributed by atoms with van der Waals surface area (Å²) in [7, 11) is 1.61. The van der Waals surface area contributed by atoms with Crippen molar-refractivity contribution in [2.75, 3.05) is 20.3 Å². The molecule has 1 saturated carbocycles. The summed E-state index contributed by atoms with van der Waals surface area (Å²) >= 11 is 5.35. The van der Waals surface area contributed by atoms with Crippen LogP contribution >= 0.6 is 12.2 Å². The number of hydrogen-bond donors (Lipinski definition) is 2. The average Bonchev–Trinajstić information content (AvgIpc) is 2.66. The third-order valence-electron chi connectivity index (χ3n) is 5.46. The van der Waals surface area contributed by atoms with Crippen molar-refractivity contribution in [3.05, 3.63) is 35.4 Å². The molecule has 1 aromatic rings. The molecule has 1 saturated heterocycles. The molecule has 3 atom stereocenters. The minimum Gasteiger partial charge on any atom is -0.383 e. The molecule has 1 aromatic carbocycles. The number of amides is 2. The van der Waals surface area contributed by atoms with Crippen LogP contribution in [0.4, 0.5) is 0 Å². The molecule has 0 aromatic heterocycles. The number of thiocarbonyl (C=S) groups is 1. The van der Waals surface area contributed by atoms with Crippen LogP contribution in [0, 0.1) is 18.8 Å². The maximum absolute atomic E-state index is 12.7. The molecule has 2 aliphatic rings. The van der Waals surface area contributed by atoms with Gasteiger partial charge in [0.2, 0.25) is 11.8 Å². The molecular weight excluding hydrogens is 362 g/mol. The fraction of sp³-hybridized carbons (Fsp3) is 0.550. The molecule has 1 aliphatic carbocycles. The molecule has 1 aliphatic heterocycles. The number of hydrogen-bond acceptors (Lipinski definition) is 4. The molecular formula is C20H27N3O3S. The summed E-state index contributed by atoms with van der Waals surface area (Å²) in [5, 5.41) is 6.75. The van der Waals surface area contributed by atoms with Crippen molar-refractivity contribution < 1.29 is 14.3 Å². The van der Waals surface area contributed by atoms with Crippen LogP contribution in [0.25, 0.3) is 0 Å². The van der Waals surface area contributed by atoms with Crippen molar-refractivity contribution in [3.8, 4) is 0 Å². The van der Waals surface area contributed by atoms with E-state index >= 15 is 0 Å². The van der Waals surface area contributed by atoms with Gasteiger partial charge in [-0.25, -0.2) is 0 Å². The van der Waals surface area contributed by atoms with E-state index < -0.39 is 0 Å². The van der Waals surface area contributed by atoms with Crippen LogP contribution in [0.1, 0.15) is 30.4 Å². The standard InChI is InChI=1S/C20H27N3O3S/c1-13-3-5-14(6-4-13)12-21-18(24)15-7-8-16-17(11-15)22-20(27)23(19(16)25)9-10-26-2/h3-6,15-17H,7-12H2,1-2H3,(H,21,24)(H,22,27). The Morgan fingerprint density at radius 2 is 2.07 bits per heavy atom. The van der Waals surface area contributed by atoms with E-state index in [1.807, 2.05) is 31.2 Å². The molecule has 6 nitrogen and oxygen atoms in total. The van der Waals surface area contributed by atoms with E-state index in [0.717, 1.165) is 12.0 Å². The largest absolute Gasteiger partial charge is 0.383 e. The van der Waals surface area contributed by atoms with Crippen LogP contribution in [0.15, 0.2) is 24.3 Å². The lowest BCUT2D eigenvalue weighted by Gasteiger charge is -2.43. The first-order chi connectivity index (χ1) is 13.0. The number of methoxy groups -OCH3 is 1. The summed E-state index contributed by atoms with van der Waals surface area (Å²) in [6.07, 6.45) is 2.05. The predicted molar refractivity (Wildman–Crippen MR) is 107 cm³/mol. The Balaban J connectivity index is 1.54. The van der Waals surface area contributed by atoms with Gasteiger partial charge in [-0.1, -0.05) is 29.8 Å². The number of ether oxygens (including phenoxy) is 1. The van der Waals surface area contributed by atoms with Gasteiger partial charge in [0.05, 0.1) is 19.1 Å². The quantitative estimate of drug-likeness (QED) is 0.726. The van der Waals surface area contributed by atoms with Crippen LogP contribution in [-0.2, 0) is 20.9 Å². The Morgan fingerprint density at radius 3 is 2.78 bits per heavy atom. The lowest BCUT2D eigenvalue weighted by molar-refractivity contribution is -0.138. The van der Waals surface area contributed by atoms with Crippen LogP contribution < -0.4 is 10.6 Å². The number of aryl methyl sites for hydroxylation is 1. The average molecular weight is 390 g/mol.